The third-order valence-corrected chi connectivity index (χ3v) is 3.76. The molecule has 0 aliphatic carbocycles. The van der Waals surface area contributed by atoms with Crippen molar-refractivity contribution in [3.63, 3.8) is 0 Å². The van der Waals surface area contributed by atoms with E-state index in [4.69, 9.17) is 0 Å². The monoisotopic (exact) mass is 277 g/mol. The summed E-state index contributed by atoms with van der Waals surface area (Å²) in [5.41, 5.74) is 3.18. The highest BCUT2D eigenvalue weighted by Crippen LogP contribution is 2.29. The first kappa shape index (κ1) is 11.8. The molecular formula is C16H11N3O2. The van der Waals surface area contributed by atoms with Crippen LogP contribution in [0, 0.1) is 0 Å². The van der Waals surface area contributed by atoms with Gasteiger partial charge in [0.2, 0.25) is 0 Å². The van der Waals surface area contributed by atoms with E-state index in [1.807, 2.05) is 23.7 Å². The average molecular weight is 277 g/mol. The summed E-state index contributed by atoms with van der Waals surface area (Å²) in [7, 11) is 1.88. The van der Waals surface area contributed by atoms with Gasteiger partial charge in [0.05, 0.1) is 34.2 Å². The standard InChI is InChI=1S/C16H11N3O2/c1-18-9-17-13-7-6-10(8-14(13)18)19-15(20)11-4-2-3-5-12(11)16(19)21/h2-9H,1H3. The number of hydrogen-bond donors (Lipinski definition) is 0. The minimum absolute atomic E-state index is 0.280. The molecule has 102 valence electrons. The lowest BCUT2D eigenvalue weighted by molar-refractivity contribution is 0.0926. The lowest BCUT2D eigenvalue weighted by Gasteiger charge is -2.14. The molecule has 5 nitrogen and oxygen atoms in total. The lowest BCUT2D eigenvalue weighted by Crippen LogP contribution is -2.29. The first-order valence-electron chi connectivity index (χ1n) is 6.56. The second-order valence-corrected chi connectivity index (χ2v) is 5.02. The van der Waals surface area contributed by atoms with Crippen LogP contribution in [0.15, 0.2) is 48.8 Å². The van der Waals surface area contributed by atoms with Crippen LogP contribution in [-0.4, -0.2) is 21.4 Å². The summed E-state index contributed by atoms with van der Waals surface area (Å²) in [5.74, 6) is -0.561. The van der Waals surface area contributed by atoms with Crippen LogP contribution in [0.5, 0.6) is 0 Å². The molecule has 1 aliphatic rings. The summed E-state index contributed by atoms with van der Waals surface area (Å²) >= 11 is 0. The fraction of sp³-hybridized carbons (Fsp3) is 0.0625. The van der Waals surface area contributed by atoms with Gasteiger partial charge in [-0.25, -0.2) is 9.88 Å². The quantitative estimate of drug-likeness (QED) is 0.642. The molecule has 0 radical (unpaired) electrons. The predicted octanol–water partition coefficient (Wildman–Crippen LogP) is 2.37. The maximum atomic E-state index is 12.4. The van der Waals surface area contributed by atoms with E-state index >= 15 is 0 Å². The maximum absolute atomic E-state index is 12.4. The second-order valence-electron chi connectivity index (χ2n) is 5.02. The van der Waals surface area contributed by atoms with Crippen LogP contribution >= 0.6 is 0 Å². The molecule has 0 saturated carbocycles. The van der Waals surface area contributed by atoms with E-state index in [2.05, 4.69) is 4.98 Å². The fourth-order valence-corrected chi connectivity index (χ4v) is 2.68. The molecule has 3 aromatic rings. The first-order valence-corrected chi connectivity index (χ1v) is 6.56. The molecule has 0 atom stereocenters. The Bertz CT molecular complexity index is 876. The zero-order valence-corrected chi connectivity index (χ0v) is 11.3. The van der Waals surface area contributed by atoms with Crippen LogP contribution in [0.4, 0.5) is 5.69 Å². The van der Waals surface area contributed by atoms with Crippen molar-refractivity contribution in [2.24, 2.45) is 7.05 Å². The summed E-state index contributed by atoms with van der Waals surface area (Å²) in [6, 6.07) is 12.3. The normalized spacial score (nSPS) is 14.0. The van der Waals surface area contributed by atoms with Crippen molar-refractivity contribution in [1.82, 2.24) is 9.55 Å². The molecule has 0 bridgehead atoms. The van der Waals surface area contributed by atoms with Gasteiger partial charge in [-0.3, -0.25) is 9.59 Å². The summed E-state index contributed by atoms with van der Waals surface area (Å²) in [5, 5.41) is 0. The van der Waals surface area contributed by atoms with Gasteiger partial charge >= 0.3 is 0 Å². The van der Waals surface area contributed by atoms with Gasteiger partial charge in [-0.1, -0.05) is 12.1 Å². The van der Waals surface area contributed by atoms with Crippen molar-refractivity contribution in [3.8, 4) is 0 Å². The number of carbonyl (C=O) groups excluding carboxylic acids is 2. The highest BCUT2D eigenvalue weighted by atomic mass is 16.2. The number of anilines is 1. The number of carbonyl (C=O) groups is 2. The second kappa shape index (κ2) is 4.02. The van der Waals surface area contributed by atoms with E-state index in [1.54, 1.807) is 36.7 Å². The zero-order chi connectivity index (χ0) is 14.6. The number of imide groups is 1. The number of rotatable bonds is 1. The summed E-state index contributed by atoms with van der Waals surface area (Å²) in [6.07, 6.45) is 1.71. The SMILES string of the molecule is Cn1cnc2ccc(N3C(=O)c4ccccc4C3=O)cc21. The van der Waals surface area contributed by atoms with Gasteiger partial charge < -0.3 is 4.57 Å². The molecule has 2 amide bonds. The van der Waals surface area contributed by atoms with E-state index < -0.39 is 0 Å². The number of aromatic nitrogens is 2. The highest BCUT2D eigenvalue weighted by Gasteiger charge is 2.36. The topological polar surface area (TPSA) is 55.2 Å². The summed E-state index contributed by atoms with van der Waals surface area (Å²) < 4.78 is 1.86. The van der Waals surface area contributed by atoms with Crippen LogP contribution in [-0.2, 0) is 7.05 Å². The number of nitrogens with zero attached hydrogens (tertiary/aromatic N) is 3. The van der Waals surface area contributed by atoms with Crippen LogP contribution < -0.4 is 4.90 Å². The summed E-state index contributed by atoms with van der Waals surface area (Å²) in [4.78, 5) is 30.4. The number of fused-ring (bicyclic) bond motifs is 2. The molecule has 2 heterocycles. The Hall–Kier alpha value is -2.95. The van der Waals surface area contributed by atoms with Gasteiger partial charge in [-0.15, -0.1) is 0 Å². The number of aryl methyl sites for hydroxylation is 1. The Morgan fingerprint density at radius 3 is 2.29 bits per heavy atom. The first-order chi connectivity index (χ1) is 10.2. The largest absolute Gasteiger partial charge is 0.334 e. The van der Waals surface area contributed by atoms with E-state index in [9.17, 15) is 9.59 Å². The number of imidazole rings is 1. The van der Waals surface area contributed by atoms with Crippen molar-refractivity contribution >= 4 is 28.5 Å². The molecule has 0 N–H and O–H groups in total. The minimum Gasteiger partial charge on any atom is -0.334 e. The van der Waals surface area contributed by atoms with Gasteiger partial charge in [-0.05, 0) is 30.3 Å². The molecule has 0 spiro atoms. The Morgan fingerprint density at radius 2 is 1.62 bits per heavy atom. The van der Waals surface area contributed by atoms with Gasteiger partial charge in [0, 0.05) is 7.05 Å². The third kappa shape index (κ3) is 1.54. The Morgan fingerprint density at radius 1 is 0.952 bits per heavy atom. The van der Waals surface area contributed by atoms with Crippen molar-refractivity contribution in [3.05, 3.63) is 59.9 Å². The molecule has 0 fully saturated rings. The summed E-state index contributed by atoms with van der Waals surface area (Å²) in [6.45, 7) is 0. The van der Waals surface area contributed by atoms with E-state index in [0.29, 0.717) is 16.8 Å². The number of hydrogen-bond acceptors (Lipinski definition) is 3. The van der Waals surface area contributed by atoms with Crippen molar-refractivity contribution in [2.75, 3.05) is 4.90 Å². The molecular weight excluding hydrogens is 266 g/mol. The Kier molecular flexibility index (Phi) is 2.27. The zero-order valence-electron chi connectivity index (χ0n) is 11.3. The minimum atomic E-state index is -0.280. The fourth-order valence-electron chi connectivity index (χ4n) is 2.68. The van der Waals surface area contributed by atoms with Crippen LogP contribution in [0.3, 0.4) is 0 Å². The molecule has 5 heteroatoms. The molecule has 1 aliphatic heterocycles. The molecule has 2 aromatic carbocycles. The van der Waals surface area contributed by atoms with Crippen molar-refractivity contribution < 1.29 is 9.59 Å². The van der Waals surface area contributed by atoms with Gasteiger partial charge in [-0.2, -0.15) is 0 Å². The van der Waals surface area contributed by atoms with Gasteiger partial charge in [0.15, 0.2) is 0 Å². The van der Waals surface area contributed by atoms with Crippen LogP contribution in [0.25, 0.3) is 11.0 Å². The van der Waals surface area contributed by atoms with Crippen molar-refractivity contribution in [1.29, 1.82) is 0 Å². The Labute approximate surface area is 120 Å². The van der Waals surface area contributed by atoms with Gasteiger partial charge in [0.1, 0.15) is 0 Å². The van der Waals surface area contributed by atoms with Crippen LogP contribution in [0.1, 0.15) is 20.7 Å². The Balaban J connectivity index is 1.88. The predicted molar refractivity (Wildman–Crippen MR) is 78.3 cm³/mol. The molecule has 4 rings (SSSR count). The smallest absolute Gasteiger partial charge is 0.266 e. The van der Waals surface area contributed by atoms with Crippen molar-refractivity contribution in [2.45, 2.75) is 0 Å². The van der Waals surface area contributed by atoms with E-state index in [-0.39, 0.29) is 11.8 Å². The van der Waals surface area contributed by atoms with Gasteiger partial charge in [0.25, 0.3) is 11.8 Å². The molecule has 0 unspecified atom stereocenters. The van der Waals surface area contributed by atoms with Crippen LogP contribution in [0.2, 0.25) is 0 Å². The highest BCUT2D eigenvalue weighted by molar-refractivity contribution is 6.34. The molecule has 0 saturated heterocycles. The number of amides is 2. The van der Waals surface area contributed by atoms with E-state index in [1.165, 1.54) is 4.90 Å². The number of benzene rings is 2. The molecule has 1 aromatic heterocycles. The molecule has 21 heavy (non-hydrogen) atoms. The van der Waals surface area contributed by atoms with E-state index in [0.717, 1.165) is 11.0 Å². The average Bonchev–Trinajstić information content (AvgIpc) is 2.99. The maximum Gasteiger partial charge on any atom is 0.266 e. The lowest BCUT2D eigenvalue weighted by atomic mass is 10.1. The third-order valence-electron chi connectivity index (χ3n) is 3.76.